The Morgan fingerprint density at radius 3 is 2.64 bits per heavy atom. The second kappa shape index (κ2) is 10.2. The number of ether oxygens (including phenoxy) is 1. The Morgan fingerprint density at radius 1 is 1.21 bits per heavy atom. The van der Waals surface area contributed by atoms with Crippen LogP contribution in [-0.4, -0.2) is 19.2 Å². The van der Waals surface area contributed by atoms with E-state index in [1.807, 2.05) is 18.3 Å². The number of benzene rings is 1. The summed E-state index contributed by atoms with van der Waals surface area (Å²) in [5.41, 5.74) is 3.82. The van der Waals surface area contributed by atoms with Crippen molar-refractivity contribution in [1.29, 1.82) is 0 Å². The van der Waals surface area contributed by atoms with Gasteiger partial charge in [0.1, 0.15) is 11.6 Å². The molecule has 152 valence electrons. The molecule has 0 saturated carbocycles. The summed E-state index contributed by atoms with van der Waals surface area (Å²) in [6.07, 6.45) is 5.54. The summed E-state index contributed by atoms with van der Waals surface area (Å²) in [7, 11) is 1.72. The lowest BCUT2D eigenvalue weighted by atomic mass is 9.88. The zero-order chi connectivity index (χ0) is 20.6. The third-order valence-corrected chi connectivity index (χ3v) is 4.36. The molecule has 6 heteroatoms. The first-order valence-electron chi connectivity index (χ1n) is 9.57. The lowest BCUT2D eigenvalue weighted by Gasteiger charge is -2.22. The van der Waals surface area contributed by atoms with Gasteiger partial charge < -0.3 is 10.1 Å². The normalized spacial score (nSPS) is 19.4. The van der Waals surface area contributed by atoms with Crippen LogP contribution in [0.15, 0.2) is 58.8 Å². The second-order valence-electron chi connectivity index (χ2n) is 6.51. The predicted molar refractivity (Wildman–Crippen MR) is 108 cm³/mol. The van der Waals surface area contributed by atoms with E-state index in [4.69, 9.17) is 0 Å². The van der Waals surface area contributed by atoms with E-state index in [0.717, 1.165) is 54.7 Å². The van der Waals surface area contributed by atoms with E-state index in [1.54, 1.807) is 13.1 Å². The number of hydrogen-bond acceptors (Lipinski definition) is 2. The average Bonchev–Trinajstić information content (AvgIpc) is 2.62. The fourth-order valence-electron chi connectivity index (χ4n) is 3.30. The Bertz CT molecular complexity index is 789. The number of amidine groups is 1. The van der Waals surface area contributed by atoms with Crippen molar-refractivity contribution in [2.45, 2.75) is 52.3 Å². The van der Waals surface area contributed by atoms with Gasteiger partial charge in [-0.15, -0.1) is 13.2 Å². The van der Waals surface area contributed by atoms with Crippen molar-refractivity contribution in [3.05, 3.63) is 59.3 Å². The van der Waals surface area contributed by atoms with Crippen LogP contribution in [0.2, 0.25) is 0 Å². The zero-order valence-electron chi connectivity index (χ0n) is 16.6. The van der Waals surface area contributed by atoms with Crippen LogP contribution in [0.5, 0.6) is 5.75 Å². The van der Waals surface area contributed by atoms with Crippen LogP contribution in [0.4, 0.5) is 13.2 Å². The summed E-state index contributed by atoms with van der Waals surface area (Å²) in [5, 5.41) is 3.23. The first-order valence-corrected chi connectivity index (χ1v) is 9.57. The number of rotatable bonds is 6. The molecular formula is C22H27F3N2O. The Morgan fingerprint density at radius 2 is 2.00 bits per heavy atom. The van der Waals surface area contributed by atoms with Crippen molar-refractivity contribution in [2.75, 3.05) is 7.05 Å². The third kappa shape index (κ3) is 6.01. The molecule has 0 saturated heterocycles. The maximum absolute atomic E-state index is 12.7. The monoisotopic (exact) mass is 392 g/mol. The van der Waals surface area contributed by atoms with Crippen LogP contribution in [0.3, 0.4) is 0 Å². The lowest BCUT2D eigenvalue weighted by molar-refractivity contribution is -0.274. The maximum atomic E-state index is 12.7. The summed E-state index contributed by atoms with van der Waals surface area (Å²) in [6.45, 7) is 4.17. The quantitative estimate of drug-likeness (QED) is 0.608. The van der Waals surface area contributed by atoms with Gasteiger partial charge >= 0.3 is 6.36 Å². The molecule has 0 atom stereocenters. The van der Waals surface area contributed by atoms with Crippen molar-refractivity contribution >= 4 is 11.4 Å². The molecule has 1 aliphatic rings. The summed E-state index contributed by atoms with van der Waals surface area (Å²) in [6, 6.07) is 6.19. The smallest absolute Gasteiger partial charge is 0.406 e. The summed E-state index contributed by atoms with van der Waals surface area (Å²) >= 11 is 0. The van der Waals surface area contributed by atoms with E-state index in [0.29, 0.717) is 5.56 Å². The topological polar surface area (TPSA) is 33.6 Å². The van der Waals surface area contributed by atoms with Crippen LogP contribution >= 0.6 is 0 Å². The van der Waals surface area contributed by atoms with Gasteiger partial charge in [-0.3, -0.25) is 4.99 Å². The lowest BCUT2D eigenvalue weighted by Crippen LogP contribution is -2.23. The molecule has 0 unspecified atom stereocenters. The van der Waals surface area contributed by atoms with Gasteiger partial charge in [-0.1, -0.05) is 51.0 Å². The fraction of sp³-hybridized carbons (Fsp3) is 0.409. The highest BCUT2D eigenvalue weighted by atomic mass is 19.4. The molecule has 0 radical (unpaired) electrons. The van der Waals surface area contributed by atoms with Crippen molar-refractivity contribution in [2.24, 2.45) is 4.99 Å². The molecule has 1 heterocycles. The summed E-state index contributed by atoms with van der Waals surface area (Å²) in [5.74, 6) is 0.509. The first-order chi connectivity index (χ1) is 13.4. The SMILES string of the molecule is CCCC1=CC/C=C\NC(=NC)/C1=C(\CCC)c1cccc(OC(F)(F)F)c1. The first kappa shape index (κ1) is 21.8. The van der Waals surface area contributed by atoms with E-state index >= 15 is 0 Å². The van der Waals surface area contributed by atoms with Gasteiger partial charge in [-0.25, -0.2) is 0 Å². The predicted octanol–water partition coefficient (Wildman–Crippen LogP) is 6.40. The van der Waals surface area contributed by atoms with Crippen LogP contribution in [0.25, 0.3) is 5.57 Å². The molecule has 1 aromatic rings. The van der Waals surface area contributed by atoms with Crippen LogP contribution in [0.1, 0.15) is 51.5 Å². The molecule has 28 heavy (non-hydrogen) atoms. The molecule has 0 bridgehead atoms. The molecule has 1 aromatic carbocycles. The Labute approximate surface area is 164 Å². The van der Waals surface area contributed by atoms with Gasteiger partial charge in [-0.05, 0) is 54.3 Å². The number of allylic oxidation sites excluding steroid dienone is 3. The Kier molecular flexibility index (Phi) is 7.91. The van der Waals surface area contributed by atoms with E-state index in [2.05, 4.69) is 35.0 Å². The Hall–Kier alpha value is -2.50. The van der Waals surface area contributed by atoms with E-state index in [-0.39, 0.29) is 5.75 Å². The minimum absolute atomic E-state index is 0.214. The van der Waals surface area contributed by atoms with Gasteiger partial charge in [0.25, 0.3) is 0 Å². The van der Waals surface area contributed by atoms with Gasteiger partial charge in [0, 0.05) is 12.6 Å². The highest BCUT2D eigenvalue weighted by Crippen LogP contribution is 2.34. The molecule has 0 amide bonds. The number of halogens is 3. The van der Waals surface area contributed by atoms with Crippen LogP contribution in [-0.2, 0) is 0 Å². The van der Waals surface area contributed by atoms with Crippen LogP contribution < -0.4 is 10.1 Å². The van der Waals surface area contributed by atoms with Gasteiger partial charge in [0.05, 0.1) is 0 Å². The van der Waals surface area contributed by atoms with Crippen molar-refractivity contribution < 1.29 is 17.9 Å². The van der Waals surface area contributed by atoms with Crippen molar-refractivity contribution in [3.63, 3.8) is 0 Å². The van der Waals surface area contributed by atoms with E-state index in [1.165, 1.54) is 12.1 Å². The average molecular weight is 392 g/mol. The molecule has 0 fully saturated rings. The summed E-state index contributed by atoms with van der Waals surface area (Å²) in [4.78, 5) is 4.42. The molecule has 0 aromatic heterocycles. The Balaban J connectivity index is 2.66. The number of nitrogens with zero attached hydrogens (tertiary/aromatic N) is 1. The fourth-order valence-corrected chi connectivity index (χ4v) is 3.30. The molecule has 0 spiro atoms. The molecule has 1 N–H and O–H groups in total. The number of hydrogen-bond donors (Lipinski definition) is 1. The van der Waals surface area contributed by atoms with E-state index in [9.17, 15) is 13.2 Å². The van der Waals surface area contributed by atoms with Crippen LogP contribution in [0, 0.1) is 0 Å². The van der Waals surface area contributed by atoms with Gasteiger partial charge in [0.2, 0.25) is 0 Å². The second-order valence-corrected chi connectivity index (χ2v) is 6.51. The number of aliphatic imine (C=N–C) groups is 1. The van der Waals surface area contributed by atoms with Gasteiger partial charge in [0.15, 0.2) is 0 Å². The third-order valence-electron chi connectivity index (χ3n) is 4.36. The number of nitrogens with one attached hydrogen (secondary N) is 1. The minimum Gasteiger partial charge on any atom is -0.406 e. The highest BCUT2D eigenvalue weighted by Gasteiger charge is 2.31. The van der Waals surface area contributed by atoms with E-state index < -0.39 is 6.36 Å². The largest absolute Gasteiger partial charge is 0.573 e. The van der Waals surface area contributed by atoms with Crippen molar-refractivity contribution in [3.8, 4) is 5.75 Å². The highest BCUT2D eigenvalue weighted by molar-refractivity contribution is 6.09. The van der Waals surface area contributed by atoms with Gasteiger partial charge in [-0.2, -0.15) is 0 Å². The number of alkyl halides is 3. The van der Waals surface area contributed by atoms with Crippen molar-refractivity contribution in [1.82, 2.24) is 5.32 Å². The summed E-state index contributed by atoms with van der Waals surface area (Å²) < 4.78 is 42.2. The minimum atomic E-state index is -4.72. The molecule has 1 aliphatic heterocycles. The maximum Gasteiger partial charge on any atom is 0.573 e. The molecule has 3 nitrogen and oxygen atoms in total. The molecule has 0 aliphatic carbocycles. The standard InChI is InChI=1S/C22H27F3N2O/c1-4-9-16-11-6-7-14-27-21(26-3)20(16)19(10-5-2)17-12-8-13-18(15-17)28-22(23,24)25/h7-8,11-15H,4-6,9-10H2,1-3H3,(H,26,27)/b14-7-,16-11?,20-19+. The zero-order valence-corrected chi connectivity index (χ0v) is 16.6. The molecule has 2 rings (SSSR count). The molecular weight excluding hydrogens is 365 g/mol.